The monoisotopic (exact) mass is 221 g/mol. The second kappa shape index (κ2) is 4.89. The zero-order chi connectivity index (χ0) is 11.4. The summed E-state index contributed by atoms with van der Waals surface area (Å²) in [4.78, 5) is 0. The van der Waals surface area contributed by atoms with Crippen LogP contribution in [0, 0.1) is 12.3 Å². The summed E-state index contributed by atoms with van der Waals surface area (Å²) in [6.45, 7) is 0.924. The largest absolute Gasteiger partial charge is 0.391 e. The van der Waals surface area contributed by atoms with Gasteiger partial charge in [0.05, 0.1) is 5.92 Å². The smallest absolute Gasteiger partial charge is 0.171 e. The molecule has 0 aromatic rings. The normalized spacial score (nSPS) is 15.6. The van der Waals surface area contributed by atoms with Crippen molar-refractivity contribution >= 4 is 0 Å². The predicted molar refractivity (Wildman–Crippen MR) is 39.4 cm³/mol. The average molecular weight is 221 g/mol. The van der Waals surface area contributed by atoms with Crippen LogP contribution in [0.1, 0.15) is 26.2 Å². The molecule has 6 heteroatoms. The summed E-state index contributed by atoms with van der Waals surface area (Å²) >= 11 is 0. The first-order chi connectivity index (χ1) is 6.13. The van der Waals surface area contributed by atoms with E-state index >= 15 is 0 Å². The fourth-order valence-corrected chi connectivity index (χ4v) is 0.804. The SMILES string of the molecule is CC([CH]CCCC(F)(F)F)C(F)(F)F. The van der Waals surface area contributed by atoms with Gasteiger partial charge in [-0.2, -0.15) is 26.3 Å². The van der Waals surface area contributed by atoms with Crippen molar-refractivity contribution in [1.29, 1.82) is 0 Å². The van der Waals surface area contributed by atoms with Crippen molar-refractivity contribution in [2.75, 3.05) is 0 Å². The van der Waals surface area contributed by atoms with E-state index in [1.807, 2.05) is 0 Å². The van der Waals surface area contributed by atoms with Gasteiger partial charge in [-0.05, 0) is 19.3 Å². The third-order valence-electron chi connectivity index (χ3n) is 1.70. The van der Waals surface area contributed by atoms with E-state index in [0.29, 0.717) is 0 Å². The van der Waals surface area contributed by atoms with Crippen LogP contribution in [0.4, 0.5) is 26.3 Å². The van der Waals surface area contributed by atoms with Crippen LogP contribution in [0.3, 0.4) is 0 Å². The van der Waals surface area contributed by atoms with Crippen molar-refractivity contribution in [2.24, 2.45) is 5.92 Å². The van der Waals surface area contributed by atoms with E-state index in [0.717, 1.165) is 13.3 Å². The lowest BCUT2D eigenvalue weighted by Crippen LogP contribution is -2.20. The molecule has 0 rings (SSSR count). The summed E-state index contributed by atoms with van der Waals surface area (Å²) < 4.78 is 70.3. The third-order valence-corrected chi connectivity index (χ3v) is 1.70. The van der Waals surface area contributed by atoms with E-state index in [9.17, 15) is 26.3 Å². The van der Waals surface area contributed by atoms with Gasteiger partial charge in [-0.3, -0.25) is 0 Å². The van der Waals surface area contributed by atoms with Crippen LogP contribution in [-0.4, -0.2) is 12.4 Å². The molecule has 1 atom stereocenters. The fraction of sp³-hybridized carbons (Fsp3) is 0.875. The highest BCUT2D eigenvalue weighted by atomic mass is 19.4. The van der Waals surface area contributed by atoms with Crippen molar-refractivity contribution in [2.45, 2.75) is 38.5 Å². The zero-order valence-electron chi connectivity index (χ0n) is 7.54. The summed E-state index contributed by atoms with van der Waals surface area (Å²) in [6, 6.07) is 0. The molecule has 1 radical (unpaired) electrons. The molecule has 0 aliphatic heterocycles. The van der Waals surface area contributed by atoms with Crippen LogP contribution in [-0.2, 0) is 0 Å². The molecular formula is C8H11F6. The molecule has 0 heterocycles. The molecule has 1 unspecified atom stereocenters. The lowest BCUT2D eigenvalue weighted by Gasteiger charge is -2.14. The molecule has 14 heavy (non-hydrogen) atoms. The first-order valence-electron chi connectivity index (χ1n) is 4.10. The molecule has 0 aliphatic rings. The lowest BCUT2D eigenvalue weighted by atomic mass is 10.0. The van der Waals surface area contributed by atoms with Gasteiger partial charge >= 0.3 is 12.4 Å². The van der Waals surface area contributed by atoms with Gasteiger partial charge in [-0.15, -0.1) is 0 Å². The minimum absolute atomic E-state index is 0.166. The number of halogens is 6. The maximum absolute atomic E-state index is 11.9. The second-order valence-electron chi connectivity index (χ2n) is 3.07. The van der Waals surface area contributed by atoms with E-state index in [4.69, 9.17) is 0 Å². The van der Waals surface area contributed by atoms with Gasteiger partial charge in [0.2, 0.25) is 0 Å². The Balaban J connectivity index is 3.56. The van der Waals surface area contributed by atoms with Crippen molar-refractivity contribution in [3.05, 3.63) is 6.42 Å². The predicted octanol–water partition coefficient (Wildman–Crippen LogP) is 4.12. The van der Waals surface area contributed by atoms with Gasteiger partial charge in [0.15, 0.2) is 0 Å². The Hall–Kier alpha value is -0.420. The molecule has 0 bridgehead atoms. The van der Waals surface area contributed by atoms with Crippen LogP contribution >= 0.6 is 0 Å². The summed E-state index contributed by atoms with van der Waals surface area (Å²) in [7, 11) is 0. The molecule has 0 N–H and O–H groups in total. The van der Waals surface area contributed by atoms with Gasteiger partial charge in [-0.1, -0.05) is 6.92 Å². The van der Waals surface area contributed by atoms with Gasteiger partial charge in [0.25, 0.3) is 0 Å². The van der Waals surface area contributed by atoms with Gasteiger partial charge in [0.1, 0.15) is 0 Å². The van der Waals surface area contributed by atoms with Gasteiger partial charge in [0, 0.05) is 6.42 Å². The summed E-state index contributed by atoms with van der Waals surface area (Å²) in [5.41, 5.74) is 0. The third kappa shape index (κ3) is 7.03. The van der Waals surface area contributed by atoms with Crippen LogP contribution < -0.4 is 0 Å². The molecule has 85 valence electrons. The molecule has 0 aliphatic carbocycles. The van der Waals surface area contributed by atoms with Crippen LogP contribution in [0.25, 0.3) is 0 Å². The van der Waals surface area contributed by atoms with E-state index in [1.54, 1.807) is 0 Å². The molecular weight excluding hydrogens is 210 g/mol. The summed E-state index contributed by atoms with van der Waals surface area (Å²) in [5, 5.41) is 0. The maximum atomic E-state index is 11.9. The highest BCUT2D eigenvalue weighted by Crippen LogP contribution is 2.30. The zero-order valence-corrected chi connectivity index (χ0v) is 7.54. The topological polar surface area (TPSA) is 0 Å². The summed E-state index contributed by atoms with van der Waals surface area (Å²) in [5.74, 6) is -1.64. The van der Waals surface area contributed by atoms with E-state index < -0.39 is 24.7 Å². The van der Waals surface area contributed by atoms with Crippen LogP contribution in [0.15, 0.2) is 0 Å². The Labute approximate surface area is 78.3 Å². The first kappa shape index (κ1) is 13.6. The molecule has 0 fully saturated rings. The number of hydrogen-bond donors (Lipinski definition) is 0. The van der Waals surface area contributed by atoms with Gasteiger partial charge in [-0.25, -0.2) is 0 Å². The number of hydrogen-bond acceptors (Lipinski definition) is 0. The molecule has 0 saturated heterocycles. The van der Waals surface area contributed by atoms with Gasteiger partial charge < -0.3 is 0 Å². The molecule has 0 saturated carbocycles. The molecule has 0 aromatic carbocycles. The van der Waals surface area contributed by atoms with Crippen LogP contribution in [0.2, 0.25) is 0 Å². The first-order valence-corrected chi connectivity index (χ1v) is 4.10. The minimum Gasteiger partial charge on any atom is -0.171 e. The quantitative estimate of drug-likeness (QED) is 0.494. The highest BCUT2D eigenvalue weighted by molar-refractivity contribution is 4.78. The lowest BCUT2D eigenvalue weighted by molar-refractivity contribution is -0.161. The minimum atomic E-state index is -4.35. The highest BCUT2D eigenvalue weighted by Gasteiger charge is 2.35. The Morgan fingerprint density at radius 3 is 1.93 bits per heavy atom. The van der Waals surface area contributed by atoms with E-state index in [2.05, 4.69) is 0 Å². The molecule has 0 spiro atoms. The Kier molecular flexibility index (Phi) is 4.74. The Bertz CT molecular complexity index is 156. The molecule has 0 aromatic heterocycles. The number of unbranched alkanes of at least 4 members (excludes halogenated alkanes) is 1. The second-order valence-corrected chi connectivity index (χ2v) is 3.07. The number of alkyl halides is 6. The van der Waals surface area contributed by atoms with Crippen molar-refractivity contribution < 1.29 is 26.3 Å². The Morgan fingerprint density at radius 2 is 1.57 bits per heavy atom. The van der Waals surface area contributed by atoms with Crippen molar-refractivity contribution in [3.8, 4) is 0 Å². The maximum Gasteiger partial charge on any atom is 0.391 e. The van der Waals surface area contributed by atoms with E-state index in [-0.39, 0.29) is 12.8 Å². The standard InChI is InChI=1S/C8H11F6/c1-6(8(12,13)14)4-2-3-5-7(9,10)11/h4,6H,2-3,5H2,1H3. The number of rotatable bonds is 4. The Morgan fingerprint density at radius 1 is 1.07 bits per heavy atom. The fourth-order valence-electron chi connectivity index (χ4n) is 0.804. The molecule has 0 amide bonds. The van der Waals surface area contributed by atoms with Crippen molar-refractivity contribution in [1.82, 2.24) is 0 Å². The molecule has 0 nitrogen and oxygen atoms in total. The average Bonchev–Trinajstić information content (AvgIpc) is 1.93. The van der Waals surface area contributed by atoms with E-state index in [1.165, 1.54) is 0 Å². The van der Waals surface area contributed by atoms with Crippen molar-refractivity contribution in [3.63, 3.8) is 0 Å². The van der Waals surface area contributed by atoms with Crippen LogP contribution in [0.5, 0.6) is 0 Å². The summed E-state index contributed by atoms with van der Waals surface area (Å²) in [6.07, 6.45) is -9.25.